The fraction of sp³-hybridized carbons (Fsp3) is 0.188. The van der Waals surface area contributed by atoms with Gasteiger partial charge in [0.1, 0.15) is 0 Å². The van der Waals surface area contributed by atoms with Crippen molar-refractivity contribution >= 4 is 21.4 Å². The van der Waals surface area contributed by atoms with E-state index in [0.29, 0.717) is 17.0 Å². The van der Waals surface area contributed by atoms with Crippen LogP contribution >= 0.6 is 0 Å². The number of hydrogen-bond donors (Lipinski definition) is 2. The van der Waals surface area contributed by atoms with Crippen LogP contribution in [0.2, 0.25) is 0 Å². The maximum absolute atomic E-state index is 12.4. The molecule has 0 bridgehead atoms. The molecule has 0 aliphatic heterocycles. The molecular formula is C16H19N3O2S. The van der Waals surface area contributed by atoms with Gasteiger partial charge in [0.15, 0.2) is 0 Å². The van der Waals surface area contributed by atoms with Gasteiger partial charge in [-0.05, 0) is 55.7 Å². The topological polar surface area (TPSA) is 84.5 Å². The smallest absolute Gasteiger partial charge is 0.276 e. The molecule has 0 aliphatic carbocycles. The number of hydrogen-bond acceptors (Lipinski definition) is 4. The number of nitrogens with one attached hydrogen (secondary N) is 1. The minimum Gasteiger partial charge on any atom is -0.399 e. The van der Waals surface area contributed by atoms with Crippen LogP contribution in [0.5, 0.6) is 0 Å². The Kier molecular flexibility index (Phi) is 4.51. The molecule has 0 aliphatic rings. The molecule has 6 heteroatoms. The number of aryl methyl sites for hydroxylation is 2. The van der Waals surface area contributed by atoms with E-state index in [1.54, 1.807) is 44.2 Å². The normalized spacial score (nSPS) is 12.2. The number of benzene rings is 2. The number of nitrogen functional groups attached to an aromatic ring is 1. The SMILES string of the molecule is C/C(=N\NS(=O)(=O)c1cc(C)ccc1C)c1cccc(N)c1. The summed E-state index contributed by atoms with van der Waals surface area (Å²) in [7, 11) is -3.70. The Morgan fingerprint density at radius 1 is 1.14 bits per heavy atom. The second-order valence-corrected chi connectivity index (χ2v) is 6.82. The first kappa shape index (κ1) is 16.0. The van der Waals surface area contributed by atoms with Crippen molar-refractivity contribution in [2.24, 2.45) is 5.10 Å². The average molecular weight is 317 g/mol. The molecule has 5 nitrogen and oxygen atoms in total. The molecule has 0 radical (unpaired) electrons. The molecule has 0 unspecified atom stereocenters. The van der Waals surface area contributed by atoms with Gasteiger partial charge in [-0.15, -0.1) is 0 Å². The summed E-state index contributed by atoms with van der Waals surface area (Å²) in [6.45, 7) is 5.32. The number of sulfonamides is 1. The van der Waals surface area contributed by atoms with E-state index in [4.69, 9.17) is 5.73 Å². The van der Waals surface area contributed by atoms with Gasteiger partial charge in [-0.25, -0.2) is 0 Å². The van der Waals surface area contributed by atoms with E-state index in [9.17, 15) is 8.42 Å². The van der Waals surface area contributed by atoms with Gasteiger partial charge < -0.3 is 5.73 Å². The predicted molar refractivity (Wildman–Crippen MR) is 89.3 cm³/mol. The molecule has 0 spiro atoms. The van der Waals surface area contributed by atoms with Crippen LogP contribution in [0.3, 0.4) is 0 Å². The van der Waals surface area contributed by atoms with Crippen molar-refractivity contribution in [3.05, 3.63) is 59.2 Å². The monoisotopic (exact) mass is 317 g/mol. The lowest BCUT2D eigenvalue weighted by molar-refractivity contribution is 0.583. The maximum atomic E-state index is 12.4. The van der Waals surface area contributed by atoms with Crippen LogP contribution < -0.4 is 10.6 Å². The van der Waals surface area contributed by atoms with Gasteiger partial charge in [-0.1, -0.05) is 24.3 Å². The highest BCUT2D eigenvalue weighted by Crippen LogP contribution is 2.16. The predicted octanol–water partition coefficient (Wildman–Crippen LogP) is 2.59. The molecule has 0 saturated carbocycles. The third-order valence-electron chi connectivity index (χ3n) is 3.27. The molecule has 0 heterocycles. The number of anilines is 1. The maximum Gasteiger partial charge on any atom is 0.276 e. The van der Waals surface area contributed by atoms with Crippen molar-refractivity contribution in [3.63, 3.8) is 0 Å². The number of nitrogens with zero attached hydrogens (tertiary/aromatic N) is 1. The lowest BCUT2D eigenvalue weighted by Gasteiger charge is -2.09. The van der Waals surface area contributed by atoms with Gasteiger partial charge in [0, 0.05) is 5.69 Å². The summed E-state index contributed by atoms with van der Waals surface area (Å²) in [6, 6.07) is 12.4. The zero-order valence-corrected chi connectivity index (χ0v) is 13.6. The van der Waals surface area contributed by atoms with Gasteiger partial charge in [0.25, 0.3) is 10.0 Å². The van der Waals surface area contributed by atoms with Crippen LogP contribution in [-0.4, -0.2) is 14.1 Å². The number of hydrazone groups is 1. The fourth-order valence-corrected chi connectivity index (χ4v) is 3.19. The Balaban J connectivity index is 2.29. The summed E-state index contributed by atoms with van der Waals surface area (Å²) in [5, 5.41) is 3.98. The van der Waals surface area contributed by atoms with Crippen molar-refractivity contribution in [2.45, 2.75) is 25.7 Å². The molecule has 0 aromatic heterocycles. The van der Waals surface area contributed by atoms with Crippen LogP contribution in [-0.2, 0) is 10.0 Å². The van der Waals surface area contributed by atoms with E-state index in [-0.39, 0.29) is 4.90 Å². The number of rotatable bonds is 4. The van der Waals surface area contributed by atoms with Crippen LogP contribution in [0.4, 0.5) is 5.69 Å². The number of nitrogens with two attached hydrogens (primary N) is 1. The molecule has 0 fully saturated rings. The van der Waals surface area contributed by atoms with Crippen molar-refractivity contribution in [1.29, 1.82) is 0 Å². The molecule has 0 saturated heterocycles. The summed E-state index contributed by atoms with van der Waals surface area (Å²) in [5.74, 6) is 0. The van der Waals surface area contributed by atoms with Crippen LogP contribution in [0, 0.1) is 13.8 Å². The van der Waals surface area contributed by atoms with Crippen molar-refractivity contribution in [1.82, 2.24) is 4.83 Å². The third kappa shape index (κ3) is 3.65. The molecule has 22 heavy (non-hydrogen) atoms. The Morgan fingerprint density at radius 2 is 1.86 bits per heavy atom. The van der Waals surface area contributed by atoms with E-state index >= 15 is 0 Å². The first-order valence-electron chi connectivity index (χ1n) is 6.79. The van der Waals surface area contributed by atoms with Crippen LogP contribution in [0.1, 0.15) is 23.6 Å². The Morgan fingerprint density at radius 3 is 2.55 bits per heavy atom. The third-order valence-corrected chi connectivity index (χ3v) is 4.62. The summed E-state index contributed by atoms with van der Waals surface area (Å²) >= 11 is 0. The molecule has 116 valence electrons. The zero-order valence-electron chi connectivity index (χ0n) is 12.8. The Hall–Kier alpha value is -2.34. The molecular weight excluding hydrogens is 298 g/mol. The van der Waals surface area contributed by atoms with Gasteiger partial charge in [0.2, 0.25) is 0 Å². The van der Waals surface area contributed by atoms with E-state index in [0.717, 1.165) is 11.1 Å². The second-order valence-electron chi connectivity index (χ2n) is 5.19. The van der Waals surface area contributed by atoms with Gasteiger partial charge in [0.05, 0.1) is 10.6 Å². The van der Waals surface area contributed by atoms with Crippen molar-refractivity contribution in [3.8, 4) is 0 Å². The van der Waals surface area contributed by atoms with Gasteiger partial charge >= 0.3 is 0 Å². The standard InChI is InChI=1S/C16H19N3O2S/c1-11-7-8-12(2)16(9-11)22(20,21)19-18-13(3)14-5-4-6-15(17)10-14/h4-10,19H,17H2,1-3H3/b18-13+. The van der Waals surface area contributed by atoms with Crippen LogP contribution in [0.25, 0.3) is 0 Å². The highest BCUT2D eigenvalue weighted by atomic mass is 32.2. The second kappa shape index (κ2) is 6.19. The van der Waals surface area contributed by atoms with E-state index in [2.05, 4.69) is 9.93 Å². The highest BCUT2D eigenvalue weighted by molar-refractivity contribution is 7.89. The minimum absolute atomic E-state index is 0.233. The molecule has 0 amide bonds. The summed E-state index contributed by atoms with van der Waals surface area (Å²) in [5.41, 5.74) is 9.18. The minimum atomic E-state index is -3.70. The quantitative estimate of drug-likeness (QED) is 0.516. The Bertz CT molecular complexity index is 827. The molecule has 2 aromatic rings. The lowest BCUT2D eigenvalue weighted by atomic mass is 10.1. The van der Waals surface area contributed by atoms with Crippen molar-refractivity contribution in [2.75, 3.05) is 5.73 Å². The summed E-state index contributed by atoms with van der Waals surface area (Å²) in [4.78, 5) is 2.51. The van der Waals surface area contributed by atoms with E-state index in [1.807, 2.05) is 19.1 Å². The van der Waals surface area contributed by atoms with Gasteiger partial charge in [-0.2, -0.15) is 18.4 Å². The fourth-order valence-electron chi connectivity index (χ4n) is 2.00. The van der Waals surface area contributed by atoms with E-state index in [1.165, 1.54) is 0 Å². The first-order valence-corrected chi connectivity index (χ1v) is 8.27. The molecule has 2 aromatic carbocycles. The zero-order chi connectivity index (χ0) is 16.3. The van der Waals surface area contributed by atoms with Crippen molar-refractivity contribution < 1.29 is 8.42 Å². The largest absolute Gasteiger partial charge is 0.399 e. The van der Waals surface area contributed by atoms with Gasteiger partial charge in [-0.3, -0.25) is 0 Å². The van der Waals surface area contributed by atoms with Crippen LogP contribution in [0.15, 0.2) is 52.5 Å². The summed E-state index contributed by atoms with van der Waals surface area (Å²) in [6.07, 6.45) is 0. The highest BCUT2D eigenvalue weighted by Gasteiger charge is 2.16. The summed E-state index contributed by atoms with van der Waals surface area (Å²) < 4.78 is 24.7. The molecule has 3 N–H and O–H groups in total. The molecule has 2 rings (SSSR count). The lowest BCUT2D eigenvalue weighted by Crippen LogP contribution is -2.21. The van der Waals surface area contributed by atoms with E-state index < -0.39 is 10.0 Å². The molecule has 0 atom stereocenters. The average Bonchev–Trinajstić information content (AvgIpc) is 2.47. The Labute approximate surface area is 130 Å². The first-order chi connectivity index (χ1) is 10.3.